The number of aliphatic hydroxyl groups excluding tert-OH is 1. The Morgan fingerprint density at radius 3 is 2.71 bits per heavy atom. The van der Waals surface area contributed by atoms with Crippen LogP contribution in [0.4, 0.5) is 0 Å². The molecule has 0 aliphatic carbocycles. The van der Waals surface area contributed by atoms with Crippen LogP contribution in [0.2, 0.25) is 0 Å². The van der Waals surface area contributed by atoms with Gasteiger partial charge in [-0.3, -0.25) is 4.68 Å². The third kappa shape index (κ3) is 4.13. The van der Waals surface area contributed by atoms with Crippen molar-refractivity contribution in [3.8, 4) is 0 Å². The van der Waals surface area contributed by atoms with E-state index in [1.54, 1.807) is 0 Å². The lowest BCUT2D eigenvalue weighted by Crippen LogP contribution is -2.34. The molecule has 0 aromatic carbocycles. The number of aromatic nitrogens is 2. The molecular weight excluding hydrogens is 214 g/mol. The molecule has 1 aromatic heterocycles. The highest BCUT2D eigenvalue weighted by atomic mass is 16.3. The Morgan fingerprint density at radius 2 is 2.18 bits per heavy atom. The minimum Gasteiger partial charge on any atom is -0.396 e. The third-order valence-corrected chi connectivity index (χ3v) is 3.13. The number of rotatable bonds is 7. The summed E-state index contributed by atoms with van der Waals surface area (Å²) in [5.74, 6) is 0.531. The van der Waals surface area contributed by atoms with Crippen LogP contribution >= 0.6 is 0 Å². The maximum Gasteiger partial charge on any atom is 0.0666 e. The minimum atomic E-state index is 0.240. The minimum absolute atomic E-state index is 0.240. The Balaban J connectivity index is 2.58. The fourth-order valence-corrected chi connectivity index (χ4v) is 2.08. The van der Waals surface area contributed by atoms with Crippen molar-refractivity contribution in [3.05, 3.63) is 17.5 Å². The average Bonchev–Trinajstić information content (AvgIpc) is 2.64. The first-order chi connectivity index (χ1) is 8.08. The summed E-state index contributed by atoms with van der Waals surface area (Å²) < 4.78 is 1.87. The molecule has 4 nitrogen and oxygen atoms in total. The van der Waals surface area contributed by atoms with Crippen molar-refractivity contribution < 1.29 is 5.11 Å². The zero-order valence-electron chi connectivity index (χ0n) is 11.4. The summed E-state index contributed by atoms with van der Waals surface area (Å²) in [6.07, 6.45) is 3.84. The quantitative estimate of drug-likeness (QED) is 0.758. The molecule has 1 atom stereocenters. The van der Waals surface area contributed by atoms with Crippen LogP contribution in [0.5, 0.6) is 0 Å². The van der Waals surface area contributed by atoms with E-state index in [2.05, 4.69) is 37.4 Å². The van der Waals surface area contributed by atoms with Crippen LogP contribution in [-0.4, -0.2) is 27.5 Å². The molecule has 2 N–H and O–H groups in total. The molecule has 0 amide bonds. The lowest BCUT2D eigenvalue weighted by Gasteiger charge is -2.21. The molecule has 0 fully saturated rings. The second kappa shape index (κ2) is 6.77. The molecule has 98 valence electrons. The van der Waals surface area contributed by atoms with Crippen molar-refractivity contribution in [3.63, 3.8) is 0 Å². The van der Waals surface area contributed by atoms with Gasteiger partial charge in [0.2, 0.25) is 0 Å². The van der Waals surface area contributed by atoms with Crippen molar-refractivity contribution >= 4 is 0 Å². The Hall–Kier alpha value is -0.870. The van der Waals surface area contributed by atoms with Gasteiger partial charge in [0.05, 0.1) is 5.69 Å². The van der Waals surface area contributed by atoms with Gasteiger partial charge in [0, 0.05) is 38.0 Å². The smallest absolute Gasteiger partial charge is 0.0666 e. The Bertz CT molecular complexity index is 333. The Morgan fingerprint density at radius 1 is 1.47 bits per heavy atom. The maximum atomic E-state index is 9.03. The van der Waals surface area contributed by atoms with E-state index in [9.17, 15) is 0 Å². The van der Waals surface area contributed by atoms with Crippen LogP contribution in [0.1, 0.15) is 38.4 Å². The van der Waals surface area contributed by atoms with Crippen molar-refractivity contribution in [2.45, 2.75) is 46.2 Å². The number of hydrogen-bond acceptors (Lipinski definition) is 3. The number of nitrogens with zero attached hydrogens (tertiary/aromatic N) is 2. The maximum absolute atomic E-state index is 9.03. The summed E-state index contributed by atoms with van der Waals surface area (Å²) in [7, 11) is 1.95. The van der Waals surface area contributed by atoms with Crippen LogP contribution in [0, 0.1) is 5.92 Å². The highest BCUT2D eigenvalue weighted by Gasteiger charge is 2.13. The monoisotopic (exact) mass is 239 g/mol. The van der Waals surface area contributed by atoms with Crippen molar-refractivity contribution in [2.24, 2.45) is 13.0 Å². The van der Waals surface area contributed by atoms with E-state index >= 15 is 0 Å². The third-order valence-electron chi connectivity index (χ3n) is 3.13. The fraction of sp³-hybridized carbons (Fsp3) is 0.769. The number of hydrogen-bond donors (Lipinski definition) is 2. The van der Waals surface area contributed by atoms with Gasteiger partial charge >= 0.3 is 0 Å². The zero-order chi connectivity index (χ0) is 12.8. The van der Waals surface area contributed by atoms with Crippen LogP contribution in [0.15, 0.2) is 6.20 Å². The summed E-state index contributed by atoms with van der Waals surface area (Å²) in [6, 6.07) is 0.366. The van der Waals surface area contributed by atoms with Crippen LogP contribution < -0.4 is 5.32 Å². The van der Waals surface area contributed by atoms with E-state index in [4.69, 9.17) is 5.11 Å². The largest absolute Gasteiger partial charge is 0.396 e. The van der Waals surface area contributed by atoms with Gasteiger partial charge in [-0.05, 0) is 18.8 Å². The van der Waals surface area contributed by atoms with Crippen molar-refractivity contribution in [1.82, 2.24) is 15.1 Å². The molecule has 1 unspecified atom stereocenters. The first kappa shape index (κ1) is 14.2. The molecule has 0 radical (unpaired) electrons. The molecule has 0 aliphatic rings. The summed E-state index contributed by atoms with van der Waals surface area (Å²) in [4.78, 5) is 0. The van der Waals surface area contributed by atoms with E-state index in [0.717, 1.165) is 25.1 Å². The molecule has 1 heterocycles. The number of aliphatic hydroxyl groups is 1. The van der Waals surface area contributed by atoms with Gasteiger partial charge in [-0.1, -0.05) is 20.8 Å². The van der Waals surface area contributed by atoms with Gasteiger partial charge in [0.1, 0.15) is 0 Å². The zero-order valence-corrected chi connectivity index (χ0v) is 11.4. The van der Waals surface area contributed by atoms with Crippen molar-refractivity contribution in [2.75, 3.05) is 6.61 Å². The van der Waals surface area contributed by atoms with Gasteiger partial charge in [-0.15, -0.1) is 0 Å². The molecule has 0 bridgehead atoms. The summed E-state index contributed by atoms with van der Waals surface area (Å²) in [5.41, 5.74) is 2.42. The van der Waals surface area contributed by atoms with E-state index in [1.807, 2.05) is 11.7 Å². The van der Waals surface area contributed by atoms with Gasteiger partial charge in [0.25, 0.3) is 0 Å². The lowest BCUT2D eigenvalue weighted by molar-refractivity contribution is 0.244. The lowest BCUT2D eigenvalue weighted by atomic mass is 10.0. The topological polar surface area (TPSA) is 50.1 Å². The Kier molecular flexibility index (Phi) is 5.65. The Labute approximate surface area is 104 Å². The van der Waals surface area contributed by atoms with E-state index in [1.165, 1.54) is 5.56 Å². The SMILES string of the molecule is CCc1nn(C)cc1CNC(CCO)C(C)C. The predicted molar refractivity (Wildman–Crippen MR) is 69.8 cm³/mol. The van der Waals surface area contributed by atoms with Gasteiger partial charge in [-0.25, -0.2) is 0 Å². The summed E-state index contributed by atoms with van der Waals surface area (Å²) >= 11 is 0. The number of aryl methyl sites for hydroxylation is 2. The van der Waals surface area contributed by atoms with Gasteiger partial charge in [-0.2, -0.15) is 5.10 Å². The van der Waals surface area contributed by atoms with Crippen LogP contribution in [-0.2, 0) is 20.0 Å². The summed E-state index contributed by atoms with van der Waals surface area (Å²) in [5, 5.41) is 17.0. The van der Waals surface area contributed by atoms with Crippen LogP contribution in [0.3, 0.4) is 0 Å². The van der Waals surface area contributed by atoms with Gasteiger partial charge in [0.15, 0.2) is 0 Å². The first-order valence-electron chi connectivity index (χ1n) is 6.44. The van der Waals surface area contributed by atoms with Gasteiger partial charge < -0.3 is 10.4 Å². The molecule has 0 spiro atoms. The highest BCUT2D eigenvalue weighted by Crippen LogP contribution is 2.10. The molecule has 0 saturated carbocycles. The first-order valence-corrected chi connectivity index (χ1v) is 6.44. The normalized spacial score (nSPS) is 13.3. The molecular formula is C13H25N3O. The molecule has 4 heteroatoms. The predicted octanol–water partition coefficient (Wildman–Crippen LogP) is 1.48. The molecule has 0 saturated heterocycles. The second-order valence-corrected chi connectivity index (χ2v) is 4.87. The van der Waals surface area contributed by atoms with E-state index < -0.39 is 0 Å². The summed E-state index contributed by atoms with van der Waals surface area (Å²) in [6.45, 7) is 7.55. The van der Waals surface area contributed by atoms with Crippen molar-refractivity contribution in [1.29, 1.82) is 0 Å². The highest BCUT2D eigenvalue weighted by molar-refractivity contribution is 5.16. The molecule has 17 heavy (non-hydrogen) atoms. The average molecular weight is 239 g/mol. The van der Waals surface area contributed by atoms with E-state index in [-0.39, 0.29) is 6.61 Å². The number of nitrogens with one attached hydrogen (secondary N) is 1. The van der Waals surface area contributed by atoms with Crippen LogP contribution in [0.25, 0.3) is 0 Å². The molecule has 0 aliphatic heterocycles. The second-order valence-electron chi connectivity index (χ2n) is 4.87. The molecule has 1 rings (SSSR count). The standard InChI is InChI=1S/C13H25N3O/c1-5-12-11(9-16(4)15-12)8-14-13(6-7-17)10(2)3/h9-10,13-14,17H,5-8H2,1-4H3. The van der Waals surface area contributed by atoms with E-state index in [0.29, 0.717) is 12.0 Å². The fourth-order valence-electron chi connectivity index (χ4n) is 2.08. The molecule has 1 aromatic rings.